The van der Waals surface area contributed by atoms with Crippen LogP contribution in [0.2, 0.25) is 0 Å². The topological polar surface area (TPSA) is 56.2 Å². The molecule has 1 rings (SSSR count). The standard InChI is InChI=1S/C12H21N3O2/c1-4-6-10(12(16)17-5-2)14-9-11-13-7-8-15(11)3/h7-8,10,14H,4-6,9H2,1-3H3. The summed E-state index contributed by atoms with van der Waals surface area (Å²) in [6.07, 6.45) is 5.35. The zero-order valence-corrected chi connectivity index (χ0v) is 10.8. The number of aromatic nitrogens is 2. The summed E-state index contributed by atoms with van der Waals surface area (Å²) in [5.74, 6) is 0.735. The Morgan fingerprint density at radius 2 is 2.35 bits per heavy atom. The second kappa shape index (κ2) is 7.06. The van der Waals surface area contributed by atoms with Crippen molar-refractivity contribution >= 4 is 5.97 Å². The summed E-state index contributed by atoms with van der Waals surface area (Å²) >= 11 is 0. The SMILES string of the molecule is CCCC(NCc1nccn1C)C(=O)OCC. The van der Waals surface area contributed by atoms with E-state index in [0.717, 1.165) is 18.7 Å². The number of hydrogen-bond acceptors (Lipinski definition) is 4. The molecule has 0 spiro atoms. The maximum atomic E-state index is 11.7. The van der Waals surface area contributed by atoms with E-state index in [2.05, 4.69) is 17.2 Å². The molecule has 1 aromatic heterocycles. The Bertz CT molecular complexity index is 349. The smallest absolute Gasteiger partial charge is 0.323 e. The molecule has 0 aromatic carbocycles. The average molecular weight is 239 g/mol. The lowest BCUT2D eigenvalue weighted by Crippen LogP contribution is -2.38. The van der Waals surface area contributed by atoms with Gasteiger partial charge in [0.1, 0.15) is 11.9 Å². The van der Waals surface area contributed by atoms with Gasteiger partial charge in [-0.15, -0.1) is 0 Å². The second-order valence-corrected chi connectivity index (χ2v) is 3.93. The maximum absolute atomic E-state index is 11.7. The molecule has 0 aliphatic carbocycles. The zero-order valence-electron chi connectivity index (χ0n) is 10.8. The van der Waals surface area contributed by atoms with Crippen LogP contribution in [0.5, 0.6) is 0 Å². The summed E-state index contributed by atoms with van der Waals surface area (Å²) in [7, 11) is 1.93. The van der Waals surface area contributed by atoms with Gasteiger partial charge in [-0.3, -0.25) is 10.1 Å². The largest absolute Gasteiger partial charge is 0.465 e. The number of imidazole rings is 1. The Balaban J connectivity index is 2.49. The number of nitrogens with one attached hydrogen (secondary N) is 1. The van der Waals surface area contributed by atoms with Gasteiger partial charge in [-0.25, -0.2) is 4.98 Å². The van der Waals surface area contributed by atoms with Crippen LogP contribution < -0.4 is 5.32 Å². The highest BCUT2D eigenvalue weighted by atomic mass is 16.5. The lowest BCUT2D eigenvalue weighted by Gasteiger charge is -2.16. The first-order valence-corrected chi connectivity index (χ1v) is 6.05. The highest BCUT2D eigenvalue weighted by molar-refractivity contribution is 5.75. The van der Waals surface area contributed by atoms with Crippen molar-refractivity contribution in [2.75, 3.05) is 6.61 Å². The van der Waals surface area contributed by atoms with Crippen molar-refractivity contribution < 1.29 is 9.53 Å². The molecule has 5 heteroatoms. The third-order valence-electron chi connectivity index (χ3n) is 2.58. The Morgan fingerprint density at radius 1 is 1.59 bits per heavy atom. The minimum absolute atomic E-state index is 0.177. The molecule has 1 N–H and O–H groups in total. The summed E-state index contributed by atoms with van der Waals surface area (Å²) in [5.41, 5.74) is 0. The summed E-state index contributed by atoms with van der Waals surface area (Å²) in [6.45, 7) is 4.87. The number of carbonyl (C=O) groups excluding carboxylic acids is 1. The summed E-state index contributed by atoms with van der Waals surface area (Å²) in [5, 5.41) is 3.19. The van der Waals surface area contributed by atoms with Crippen LogP contribution in [0.15, 0.2) is 12.4 Å². The van der Waals surface area contributed by atoms with E-state index in [1.165, 1.54) is 0 Å². The Labute approximate surface area is 102 Å². The third-order valence-corrected chi connectivity index (χ3v) is 2.58. The first-order valence-electron chi connectivity index (χ1n) is 6.05. The van der Waals surface area contributed by atoms with Gasteiger partial charge in [0, 0.05) is 19.4 Å². The quantitative estimate of drug-likeness (QED) is 0.727. The number of esters is 1. The van der Waals surface area contributed by atoms with Gasteiger partial charge < -0.3 is 9.30 Å². The van der Waals surface area contributed by atoms with Crippen LogP contribution in [-0.4, -0.2) is 28.2 Å². The van der Waals surface area contributed by atoms with E-state index in [-0.39, 0.29) is 12.0 Å². The predicted octanol–water partition coefficient (Wildman–Crippen LogP) is 1.24. The number of ether oxygens (including phenoxy) is 1. The van der Waals surface area contributed by atoms with Crippen molar-refractivity contribution in [3.05, 3.63) is 18.2 Å². The summed E-state index contributed by atoms with van der Waals surface area (Å²) in [4.78, 5) is 15.9. The molecular formula is C12H21N3O2. The highest BCUT2D eigenvalue weighted by Gasteiger charge is 2.18. The molecule has 1 atom stereocenters. The number of nitrogens with zero attached hydrogens (tertiary/aromatic N) is 2. The fourth-order valence-electron chi connectivity index (χ4n) is 1.62. The van der Waals surface area contributed by atoms with Gasteiger partial charge in [-0.2, -0.15) is 0 Å². The van der Waals surface area contributed by atoms with E-state index in [4.69, 9.17) is 4.74 Å². The highest BCUT2D eigenvalue weighted by Crippen LogP contribution is 2.02. The van der Waals surface area contributed by atoms with Crippen molar-refractivity contribution in [2.45, 2.75) is 39.3 Å². The van der Waals surface area contributed by atoms with Gasteiger partial charge in [-0.05, 0) is 13.3 Å². The zero-order chi connectivity index (χ0) is 12.7. The number of hydrogen-bond donors (Lipinski definition) is 1. The molecular weight excluding hydrogens is 218 g/mol. The number of carbonyl (C=O) groups is 1. The van der Waals surface area contributed by atoms with Crippen LogP contribution >= 0.6 is 0 Å². The van der Waals surface area contributed by atoms with Crippen LogP contribution in [0.1, 0.15) is 32.5 Å². The molecule has 0 saturated carbocycles. The van der Waals surface area contributed by atoms with Crippen molar-refractivity contribution in [3.63, 3.8) is 0 Å². The van der Waals surface area contributed by atoms with Crippen molar-refractivity contribution in [3.8, 4) is 0 Å². The predicted molar refractivity (Wildman–Crippen MR) is 65.4 cm³/mol. The molecule has 0 aliphatic heterocycles. The summed E-state index contributed by atoms with van der Waals surface area (Å²) in [6, 6.07) is -0.239. The van der Waals surface area contributed by atoms with Crippen molar-refractivity contribution in [1.82, 2.24) is 14.9 Å². The molecule has 17 heavy (non-hydrogen) atoms. The normalized spacial score (nSPS) is 12.4. The minimum atomic E-state index is -0.239. The Hall–Kier alpha value is -1.36. The van der Waals surface area contributed by atoms with Gasteiger partial charge in [0.2, 0.25) is 0 Å². The van der Waals surface area contributed by atoms with Gasteiger partial charge in [0.25, 0.3) is 0 Å². The molecule has 1 heterocycles. The lowest BCUT2D eigenvalue weighted by atomic mass is 10.1. The van der Waals surface area contributed by atoms with E-state index in [1.807, 2.05) is 24.7 Å². The minimum Gasteiger partial charge on any atom is -0.465 e. The Morgan fingerprint density at radius 3 is 2.88 bits per heavy atom. The van der Waals surface area contributed by atoms with Crippen molar-refractivity contribution in [2.24, 2.45) is 7.05 Å². The van der Waals surface area contributed by atoms with Crippen LogP contribution in [-0.2, 0) is 23.1 Å². The van der Waals surface area contributed by atoms with Crippen LogP contribution in [0.25, 0.3) is 0 Å². The Kier molecular flexibility index (Phi) is 5.69. The average Bonchev–Trinajstić information content (AvgIpc) is 2.70. The van der Waals surface area contributed by atoms with Crippen molar-refractivity contribution in [1.29, 1.82) is 0 Å². The van der Waals surface area contributed by atoms with E-state index in [9.17, 15) is 4.79 Å². The molecule has 1 unspecified atom stereocenters. The first kappa shape index (κ1) is 13.7. The molecule has 0 fully saturated rings. The molecule has 0 bridgehead atoms. The van der Waals surface area contributed by atoms with Crippen LogP contribution in [0.3, 0.4) is 0 Å². The monoisotopic (exact) mass is 239 g/mol. The molecule has 96 valence electrons. The molecule has 0 amide bonds. The number of rotatable bonds is 7. The molecule has 0 radical (unpaired) electrons. The van der Waals surface area contributed by atoms with Gasteiger partial charge in [-0.1, -0.05) is 13.3 Å². The molecule has 0 aliphatic rings. The summed E-state index contributed by atoms with van der Waals surface area (Å²) < 4.78 is 6.96. The van der Waals surface area contributed by atoms with Crippen LogP contribution in [0, 0.1) is 0 Å². The molecule has 1 aromatic rings. The lowest BCUT2D eigenvalue weighted by molar-refractivity contribution is -0.145. The molecule has 5 nitrogen and oxygen atoms in total. The van der Waals surface area contributed by atoms with Gasteiger partial charge >= 0.3 is 5.97 Å². The number of aryl methyl sites for hydroxylation is 1. The van der Waals surface area contributed by atoms with Crippen LogP contribution in [0.4, 0.5) is 0 Å². The van der Waals surface area contributed by atoms with Gasteiger partial charge in [0.05, 0.1) is 13.2 Å². The van der Waals surface area contributed by atoms with E-state index >= 15 is 0 Å². The fourth-order valence-corrected chi connectivity index (χ4v) is 1.62. The van der Waals surface area contributed by atoms with E-state index in [1.54, 1.807) is 6.20 Å². The third kappa shape index (κ3) is 4.19. The van der Waals surface area contributed by atoms with E-state index in [0.29, 0.717) is 13.2 Å². The maximum Gasteiger partial charge on any atom is 0.323 e. The van der Waals surface area contributed by atoms with Gasteiger partial charge in [0.15, 0.2) is 0 Å². The fraction of sp³-hybridized carbons (Fsp3) is 0.667. The molecule has 0 saturated heterocycles. The second-order valence-electron chi connectivity index (χ2n) is 3.93. The first-order chi connectivity index (χ1) is 8.19. The van der Waals surface area contributed by atoms with E-state index < -0.39 is 0 Å².